The first-order chi connectivity index (χ1) is 12.0. The summed E-state index contributed by atoms with van der Waals surface area (Å²) in [6.07, 6.45) is 0. The van der Waals surface area contributed by atoms with E-state index in [1.165, 1.54) is 11.8 Å². The largest absolute Gasteiger partial charge is 0.383 e. The van der Waals surface area contributed by atoms with Crippen LogP contribution in [0.2, 0.25) is 5.02 Å². The van der Waals surface area contributed by atoms with E-state index in [1.54, 1.807) is 36.8 Å². The molecule has 0 amide bonds. The Kier molecular flexibility index (Phi) is 5.41. The molecule has 0 saturated carbocycles. The highest BCUT2D eigenvalue weighted by Crippen LogP contribution is 2.33. The second kappa shape index (κ2) is 7.55. The predicted octanol–water partition coefficient (Wildman–Crippen LogP) is 3.24. The van der Waals surface area contributed by atoms with Gasteiger partial charge in [0.25, 0.3) is 5.56 Å². The molecule has 0 aliphatic carbocycles. The van der Waals surface area contributed by atoms with Gasteiger partial charge in [0.15, 0.2) is 11.0 Å². The number of thioether (sulfide) groups is 1. The van der Waals surface area contributed by atoms with Crippen LogP contribution in [0.4, 0.5) is 0 Å². The van der Waals surface area contributed by atoms with E-state index in [4.69, 9.17) is 20.9 Å². The first kappa shape index (κ1) is 17.9. The van der Waals surface area contributed by atoms with Crippen molar-refractivity contribution in [3.63, 3.8) is 0 Å². The summed E-state index contributed by atoms with van der Waals surface area (Å²) in [5.41, 5.74) is 0.428. The Bertz CT molecular complexity index is 956. The number of aromatic nitrogens is 4. The lowest BCUT2D eigenvalue weighted by molar-refractivity contribution is 0.183. The molecule has 0 aliphatic heterocycles. The van der Waals surface area contributed by atoms with Gasteiger partial charge >= 0.3 is 0 Å². The number of rotatable bonds is 6. The Balaban J connectivity index is 2.05. The van der Waals surface area contributed by atoms with Gasteiger partial charge in [-0.2, -0.15) is 4.98 Å². The molecule has 132 valence electrons. The second-order valence-corrected chi connectivity index (χ2v) is 7.19. The van der Waals surface area contributed by atoms with Crippen LogP contribution in [0.25, 0.3) is 10.9 Å². The number of aryl methyl sites for hydroxylation is 1. The molecule has 0 spiro atoms. The minimum atomic E-state index is -0.154. The average Bonchev–Trinajstić information content (AvgIpc) is 3.01. The van der Waals surface area contributed by atoms with E-state index in [-0.39, 0.29) is 10.8 Å². The molecule has 0 radical (unpaired) electrons. The van der Waals surface area contributed by atoms with Gasteiger partial charge in [0, 0.05) is 12.1 Å². The molecule has 2 aromatic heterocycles. The highest BCUT2D eigenvalue weighted by atomic mass is 35.5. The predicted molar refractivity (Wildman–Crippen MR) is 96.2 cm³/mol. The van der Waals surface area contributed by atoms with E-state index in [2.05, 4.69) is 15.1 Å². The molecule has 1 aromatic carbocycles. The van der Waals surface area contributed by atoms with Crippen LogP contribution in [0.3, 0.4) is 0 Å². The van der Waals surface area contributed by atoms with Crippen LogP contribution in [-0.4, -0.2) is 33.4 Å². The molecule has 1 unspecified atom stereocenters. The zero-order valence-corrected chi connectivity index (χ0v) is 15.6. The first-order valence-corrected chi connectivity index (χ1v) is 8.91. The van der Waals surface area contributed by atoms with E-state index in [1.807, 2.05) is 6.92 Å². The zero-order chi connectivity index (χ0) is 18.0. The van der Waals surface area contributed by atoms with E-state index in [9.17, 15) is 4.79 Å². The summed E-state index contributed by atoms with van der Waals surface area (Å²) in [7, 11) is 1.59. The summed E-state index contributed by atoms with van der Waals surface area (Å²) in [6, 6.07) is 5.06. The smallest absolute Gasteiger partial charge is 0.262 e. The van der Waals surface area contributed by atoms with Gasteiger partial charge < -0.3 is 9.26 Å². The molecule has 0 aliphatic rings. The number of hydrogen-bond acceptors (Lipinski definition) is 7. The van der Waals surface area contributed by atoms with Crippen molar-refractivity contribution in [2.75, 3.05) is 13.7 Å². The molecule has 7 nitrogen and oxygen atoms in total. The number of hydrogen-bond donors (Lipinski definition) is 0. The number of benzene rings is 1. The van der Waals surface area contributed by atoms with E-state index >= 15 is 0 Å². The lowest BCUT2D eigenvalue weighted by atomic mass is 10.2. The summed E-state index contributed by atoms with van der Waals surface area (Å²) in [5, 5.41) is 5.26. The highest BCUT2D eigenvalue weighted by molar-refractivity contribution is 7.99. The number of methoxy groups -OCH3 is 1. The van der Waals surface area contributed by atoms with Crippen molar-refractivity contribution < 1.29 is 9.26 Å². The van der Waals surface area contributed by atoms with Crippen molar-refractivity contribution in [1.82, 2.24) is 19.7 Å². The third-order valence-corrected chi connectivity index (χ3v) is 4.89. The molecule has 0 saturated heterocycles. The van der Waals surface area contributed by atoms with Crippen LogP contribution in [0.5, 0.6) is 0 Å². The van der Waals surface area contributed by atoms with Crippen LogP contribution in [0, 0.1) is 6.92 Å². The van der Waals surface area contributed by atoms with Crippen molar-refractivity contribution in [3.05, 3.63) is 45.3 Å². The molecule has 2 heterocycles. The third-order valence-electron chi connectivity index (χ3n) is 3.57. The summed E-state index contributed by atoms with van der Waals surface area (Å²) in [5.74, 6) is 1.05. The monoisotopic (exact) mass is 380 g/mol. The van der Waals surface area contributed by atoms with E-state index in [0.29, 0.717) is 45.9 Å². The highest BCUT2D eigenvalue weighted by Gasteiger charge is 2.19. The minimum absolute atomic E-state index is 0.130. The Hall–Kier alpha value is -1.90. The van der Waals surface area contributed by atoms with Crippen LogP contribution in [0.1, 0.15) is 23.9 Å². The Morgan fingerprint density at radius 3 is 2.88 bits per heavy atom. The number of halogens is 1. The molecule has 0 N–H and O–H groups in total. The van der Waals surface area contributed by atoms with Crippen LogP contribution in [0.15, 0.2) is 32.7 Å². The molecule has 1 atom stereocenters. The molecule has 9 heteroatoms. The normalized spacial score (nSPS) is 12.6. The Labute approximate surface area is 153 Å². The van der Waals surface area contributed by atoms with Crippen molar-refractivity contribution in [3.8, 4) is 0 Å². The molecule has 3 aromatic rings. The Morgan fingerprint density at radius 2 is 2.20 bits per heavy atom. The average molecular weight is 381 g/mol. The number of ether oxygens (including phenoxy) is 1. The maximum absolute atomic E-state index is 12.8. The van der Waals surface area contributed by atoms with Crippen LogP contribution >= 0.6 is 23.4 Å². The summed E-state index contributed by atoms with van der Waals surface area (Å²) < 4.78 is 11.9. The number of fused-ring (bicyclic) bond motifs is 1. The van der Waals surface area contributed by atoms with Crippen LogP contribution < -0.4 is 5.56 Å². The molecular weight excluding hydrogens is 364 g/mol. The van der Waals surface area contributed by atoms with Crippen molar-refractivity contribution in [1.29, 1.82) is 0 Å². The van der Waals surface area contributed by atoms with Gasteiger partial charge in [0.2, 0.25) is 5.89 Å². The quantitative estimate of drug-likeness (QED) is 0.479. The first-order valence-electron chi connectivity index (χ1n) is 7.65. The van der Waals surface area contributed by atoms with Gasteiger partial charge in [0.05, 0.1) is 29.3 Å². The second-order valence-electron chi connectivity index (χ2n) is 5.45. The van der Waals surface area contributed by atoms with Gasteiger partial charge in [-0.1, -0.05) is 28.5 Å². The standard InChI is InChI=1S/C16H17ClN4O3S/c1-9(14-18-10(2)20-24-14)25-16-19-13-8-11(17)4-5-12(13)15(22)21(16)6-7-23-3/h4-5,8-9H,6-7H2,1-3H3. The summed E-state index contributed by atoms with van der Waals surface area (Å²) in [4.78, 5) is 21.7. The van der Waals surface area contributed by atoms with E-state index < -0.39 is 0 Å². The zero-order valence-electron chi connectivity index (χ0n) is 14.0. The maximum atomic E-state index is 12.8. The fourth-order valence-corrected chi connectivity index (χ4v) is 3.46. The molecule has 0 bridgehead atoms. The van der Waals surface area contributed by atoms with Gasteiger partial charge in [-0.05, 0) is 32.0 Å². The molecule has 0 fully saturated rings. The Morgan fingerprint density at radius 1 is 1.40 bits per heavy atom. The van der Waals surface area contributed by atoms with Crippen molar-refractivity contribution in [2.24, 2.45) is 0 Å². The van der Waals surface area contributed by atoms with Gasteiger partial charge in [0.1, 0.15) is 0 Å². The topological polar surface area (TPSA) is 83.0 Å². The van der Waals surface area contributed by atoms with Gasteiger partial charge in [-0.15, -0.1) is 0 Å². The van der Waals surface area contributed by atoms with E-state index in [0.717, 1.165) is 0 Å². The molecular formula is C16H17ClN4O3S. The minimum Gasteiger partial charge on any atom is -0.383 e. The lowest BCUT2D eigenvalue weighted by Gasteiger charge is -2.14. The lowest BCUT2D eigenvalue weighted by Crippen LogP contribution is -2.25. The fraction of sp³-hybridized carbons (Fsp3) is 0.375. The third kappa shape index (κ3) is 3.86. The van der Waals surface area contributed by atoms with Gasteiger partial charge in [-0.3, -0.25) is 9.36 Å². The molecule has 3 rings (SSSR count). The van der Waals surface area contributed by atoms with Crippen molar-refractivity contribution >= 4 is 34.3 Å². The van der Waals surface area contributed by atoms with Gasteiger partial charge in [-0.25, -0.2) is 4.98 Å². The SMILES string of the molecule is COCCn1c(SC(C)c2nc(C)no2)nc2cc(Cl)ccc2c1=O. The fourth-order valence-electron chi connectivity index (χ4n) is 2.33. The van der Waals surface area contributed by atoms with Crippen molar-refractivity contribution in [2.45, 2.75) is 30.8 Å². The number of nitrogens with zero attached hydrogens (tertiary/aromatic N) is 4. The summed E-state index contributed by atoms with van der Waals surface area (Å²) >= 11 is 7.42. The maximum Gasteiger partial charge on any atom is 0.262 e. The summed E-state index contributed by atoms with van der Waals surface area (Å²) in [6.45, 7) is 4.49. The molecule has 25 heavy (non-hydrogen) atoms. The van der Waals surface area contributed by atoms with Crippen LogP contribution in [-0.2, 0) is 11.3 Å².